The fraction of sp³-hybridized carbons (Fsp3) is 0.103. The zero-order valence-corrected chi connectivity index (χ0v) is 22.4. The van der Waals surface area contributed by atoms with Crippen molar-refractivity contribution in [2.75, 3.05) is 7.11 Å². The topological polar surface area (TPSA) is 55.8 Å². The molecule has 1 heterocycles. The van der Waals surface area contributed by atoms with Gasteiger partial charge in [-0.2, -0.15) is 0 Å². The predicted molar refractivity (Wildman–Crippen MR) is 152 cm³/mol. The molecule has 7 heteroatoms. The summed E-state index contributed by atoms with van der Waals surface area (Å²) in [5.41, 5.74) is 2.76. The second-order valence-corrected chi connectivity index (χ2v) is 10.4. The van der Waals surface area contributed by atoms with Crippen LogP contribution in [0.4, 0.5) is 4.79 Å². The lowest BCUT2D eigenvalue weighted by Gasteiger charge is -2.15. The van der Waals surface area contributed by atoms with Crippen molar-refractivity contribution in [3.8, 4) is 11.5 Å². The molecule has 36 heavy (non-hydrogen) atoms. The van der Waals surface area contributed by atoms with Gasteiger partial charge in [0.05, 0.1) is 22.1 Å². The van der Waals surface area contributed by atoms with Crippen molar-refractivity contribution in [3.63, 3.8) is 0 Å². The quantitative estimate of drug-likeness (QED) is 0.164. The van der Waals surface area contributed by atoms with Crippen molar-refractivity contribution in [1.29, 1.82) is 0 Å². The maximum Gasteiger partial charge on any atom is 0.293 e. The number of carbonyl (C=O) groups excluding carboxylic acids is 2. The van der Waals surface area contributed by atoms with E-state index in [1.807, 2.05) is 84.9 Å². The maximum atomic E-state index is 13.2. The van der Waals surface area contributed by atoms with Crippen LogP contribution in [0.25, 0.3) is 16.8 Å². The Bertz CT molecular complexity index is 1480. The van der Waals surface area contributed by atoms with Crippen molar-refractivity contribution in [3.05, 3.63) is 110 Å². The standard InChI is InChI=1S/C29H22INO4S/c1-34-25-15-20(14-24(30)27(25)35-18-19-8-3-2-4-9-19)16-26-28(32)31(29(33)36-26)17-22-12-7-11-21-10-5-6-13-23(21)22/h2-16H,17-18H2,1H3/b26-16-. The lowest BCUT2D eigenvalue weighted by atomic mass is 10.0. The predicted octanol–water partition coefficient (Wildman–Crippen LogP) is 7.27. The minimum absolute atomic E-state index is 0.233. The number of benzene rings is 4. The summed E-state index contributed by atoms with van der Waals surface area (Å²) in [7, 11) is 1.59. The normalized spacial score (nSPS) is 14.6. The third-order valence-electron chi connectivity index (χ3n) is 5.86. The Labute approximate surface area is 227 Å². The second kappa shape index (κ2) is 10.8. The summed E-state index contributed by atoms with van der Waals surface area (Å²) in [5.74, 6) is 0.915. The Hall–Kier alpha value is -3.30. The summed E-state index contributed by atoms with van der Waals surface area (Å²) in [4.78, 5) is 27.6. The van der Waals surface area contributed by atoms with E-state index in [2.05, 4.69) is 22.6 Å². The minimum atomic E-state index is -0.295. The number of thioether (sulfide) groups is 1. The van der Waals surface area contributed by atoms with Gasteiger partial charge in [-0.3, -0.25) is 14.5 Å². The van der Waals surface area contributed by atoms with Crippen LogP contribution in [-0.4, -0.2) is 23.2 Å². The second-order valence-electron chi connectivity index (χ2n) is 8.21. The van der Waals surface area contributed by atoms with Gasteiger partial charge in [0.2, 0.25) is 0 Å². The minimum Gasteiger partial charge on any atom is -0.493 e. The number of imide groups is 1. The first-order chi connectivity index (χ1) is 17.5. The lowest BCUT2D eigenvalue weighted by Crippen LogP contribution is -2.27. The number of ether oxygens (including phenoxy) is 2. The SMILES string of the molecule is COc1cc(/C=C2\SC(=O)N(Cc3cccc4ccccc34)C2=O)cc(I)c1OCc1ccccc1. The smallest absolute Gasteiger partial charge is 0.293 e. The molecule has 0 atom stereocenters. The lowest BCUT2D eigenvalue weighted by molar-refractivity contribution is -0.123. The summed E-state index contributed by atoms with van der Waals surface area (Å²) in [6.07, 6.45) is 1.74. The highest BCUT2D eigenvalue weighted by Gasteiger charge is 2.35. The molecule has 0 unspecified atom stereocenters. The summed E-state index contributed by atoms with van der Waals surface area (Å²) in [5, 5.41) is 1.84. The van der Waals surface area contributed by atoms with Gasteiger partial charge in [-0.25, -0.2) is 0 Å². The highest BCUT2D eigenvalue weighted by molar-refractivity contribution is 14.1. The van der Waals surface area contributed by atoms with Crippen molar-refractivity contribution in [2.45, 2.75) is 13.2 Å². The molecule has 0 aliphatic carbocycles. The highest BCUT2D eigenvalue weighted by atomic mass is 127. The van der Waals surface area contributed by atoms with E-state index in [0.717, 1.165) is 42.8 Å². The Morgan fingerprint density at radius 2 is 1.69 bits per heavy atom. The Balaban J connectivity index is 1.37. The van der Waals surface area contributed by atoms with Crippen molar-refractivity contribution in [2.24, 2.45) is 0 Å². The summed E-state index contributed by atoms with van der Waals surface area (Å²) < 4.78 is 12.5. The third kappa shape index (κ3) is 5.12. The molecule has 4 aromatic carbocycles. The van der Waals surface area contributed by atoms with Crippen LogP contribution in [0.2, 0.25) is 0 Å². The largest absolute Gasteiger partial charge is 0.493 e. The monoisotopic (exact) mass is 607 g/mol. The molecule has 0 saturated carbocycles. The summed E-state index contributed by atoms with van der Waals surface area (Å²) >= 11 is 3.15. The number of rotatable bonds is 7. The molecule has 5 rings (SSSR count). The van der Waals surface area contributed by atoms with E-state index < -0.39 is 0 Å². The average molecular weight is 607 g/mol. The number of nitrogens with zero attached hydrogens (tertiary/aromatic N) is 1. The first-order valence-corrected chi connectivity index (χ1v) is 13.2. The van der Waals surface area contributed by atoms with E-state index in [9.17, 15) is 9.59 Å². The van der Waals surface area contributed by atoms with Crippen LogP contribution in [0.3, 0.4) is 0 Å². The fourth-order valence-corrected chi connectivity index (χ4v) is 5.70. The van der Waals surface area contributed by atoms with Crippen LogP contribution in [0, 0.1) is 3.57 Å². The van der Waals surface area contributed by atoms with Crippen LogP contribution < -0.4 is 9.47 Å². The van der Waals surface area contributed by atoms with E-state index in [1.165, 1.54) is 4.90 Å². The van der Waals surface area contributed by atoms with Crippen LogP contribution in [0.15, 0.2) is 89.8 Å². The van der Waals surface area contributed by atoms with E-state index in [-0.39, 0.29) is 17.7 Å². The molecule has 0 aromatic heterocycles. The summed E-state index contributed by atoms with van der Waals surface area (Å²) in [6.45, 7) is 0.649. The van der Waals surface area contributed by atoms with Gasteiger partial charge in [0.15, 0.2) is 11.5 Å². The molecule has 1 aliphatic rings. The molecular weight excluding hydrogens is 585 g/mol. The number of hydrogen-bond acceptors (Lipinski definition) is 5. The van der Waals surface area contributed by atoms with Gasteiger partial charge in [-0.05, 0) is 80.0 Å². The van der Waals surface area contributed by atoms with Crippen LogP contribution in [-0.2, 0) is 17.9 Å². The molecule has 4 aromatic rings. The van der Waals surface area contributed by atoms with Gasteiger partial charge in [0.25, 0.3) is 11.1 Å². The van der Waals surface area contributed by atoms with Crippen LogP contribution in [0.5, 0.6) is 11.5 Å². The average Bonchev–Trinajstić information content (AvgIpc) is 3.15. The first kappa shape index (κ1) is 24.4. The zero-order chi connectivity index (χ0) is 25.1. The molecule has 0 bridgehead atoms. The van der Waals surface area contributed by atoms with Gasteiger partial charge in [0.1, 0.15) is 6.61 Å². The van der Waals surface area contributed by atoms with Gasteiger partial charge in [-0.15, -0.1) is 0 Å². The molecular formula is C29H22INO4S. The molecule has 0 spiro atoms. The Morgan fingerprint density at radius 1 is 0.944 bits per heavy atom. The van der Waals surface area contributed by atoms with Gasteiger partial charge in [-0.1, -0.05) is 72.8 Å². The van der Waals surface area contributed by atoms with Gasteiger partial charge < -0.3 is 9.47 Å². The third-order valence-corrected chi connectivity index (χ3v) is 7.57. The molecule has 1 fully saturated rings. The van der Waals surface area contributed by atoms with Gasteiger partial charge >= 0.3 is 0 Å². The molecule has 0 radical (unpaired) electrons. The van der Waals surface area contributed by atoms with E-state index in [4.69, 9.17) is 9.47 Å². The van der Waals surface area contributed by atoms with Crippen molar-refractivity contribution >= 4 is 62.3 Å². The molecule has 1 aliphatic heterocycles. The Morgan fingerprint density at radius 3 is 2.50 bits per heavy atom. The van der Waals surface area contributed by atoms with Crippen LogP contribution in [0.1, 0.15) is 16.7 Å². The van der Waals surface area contributed by atoms with Gasteiger partial charge in [0, 0.05) is 0 Å². The molecule has 180 valence electrons. The van der Waals surface area contributed by atoms with Crippen molar-refractivity contribution < 1.29 is 19.1 Å². The van der Waals surface area contributed by atoms with Crippen LogP contribution >= 0.6 is 34.4 Å². The molecule has 2 amide bonds. The first-order valence-electron chi connectivity index (χ1n) is 11.3. The highest BCUT2D eigenvalue weighted by Crippen LogP contribution is 2.38. The molecule has 1 saturated heterocycles. The number of halogens is 1. The molecule has 5 nitrogen and oxygen atoms in total. The number of fused-ring (bicyclic) bond motifs is 1. The van der Waals surface area contributed by atoms with E-state index in [1.54, 1.807) is 13.2 Å². The molecule has 0 N–H and O–H groups in total. The van der Waals surface area contributed by atoms with E-state index in [0.29, 0.717) is 23.0 Å². The van der Waals surface area contributed by atoms with Crippen molar-refractivity contribution in [1.82, 2.24) is 4.90 Å². The Kier molecular flexibility index (Phi) is 7.29. The number of hydrogen-bond donors (Lipinski definition) is 0. The number of methoxy groups -OCH3 is 1. The maximum absolute atomic E-state index is 13.2. The fourth-order valence-electron chi connectivity index (χ4n) is 4.08. The number of carbonyl (C=O) groups is 2. The summed E-state index contributed by atoms with van der Waals surface area (Å²) in [6, 6.07) is 27.5. The zero-order valence-electron chi connectivity index (χ0n) is 19.4. The number of amides is 2. The van der Waals surface area contributed by atoms with E-state index >= 15 is 0 Å².